The number of halogens is 1. The predicted molar refractivity (Wildman–Crippen MR) is 253 cm³/mol. The molecule has 2 aromatic heterocycles. The maximum absolute atomic E-state index is 13.9. The highest BCUT2D eigenvalue weighted by Crippen LogP contribution is 2.49. The summed E-state index contributed by atoms with van der Waals surface area (Å²) in [7, 11) is 0. The van der Waals surface area contributed by atoms with Crippen LogP contribution in [-0.4, -0.2) is 63.2 Å². The average Bonchev–Trinajstić information content (AvgIpc) is 3.78. The second kappa shape index (κ2) is 16.1. The Balaban J connectivity index is 0.679. The zero-order valence-electron chi connectivity index (χ0n) is 37.2. The minimum Gasteiger partial charge on any atom is -0.508 e. The van der Waals surface area contributed by atoms with Crippen LogP contribution >= 0.6 is 11.3 Å². The van der Waals surface area contributed by atoms with Crippen molar-refractivity contribution >= 4 is 22.7 Å². The number of piperidine rings is 1. The predicted octanol–water partition coefficient (Wildman–Crippen LogP) is 11.7. The summed E-state index contributed by atoms with van der Waals surface area (Å²) >= 11 is 1.82. The molecule has 3 atom stereocenters. The summed E-state index contributed by atoms with van der Waals surface area (Å²) in [4.78, 5) is 11.9. The molecule has 11 rings (SSSR count). The number of benzene rings is 4. The van der Waals surface area contributed by atoms with Gasteiger partial charge in [0.1, 0.15) is 28.4 Å². The van der Waals surface area contributed by atoms with Crippen molar-refractivity contribution in [1.82, 2.24) is 19.7 Å². The first kappa shape index (κ1) is 40.6. The Hall–Kier alpha value is -5.12. The molecule has 1 saturated carbocycles. The number of aryl methyl sites for hydroxylation is 3. The molecule has 7 nitrogen and oxygen atoms in total. The van der Waals surface area contributed by atoms with Gasteiger partial charge in [-0.05, 0) is 180 Å². The Labute approximate surface area is 375 Å². The average molecular weight is 859 g/mol. The first-order valence-electron chi connectivity index (χ1n) is 23.4. The third-order valence-electron chi connectivity index (χ3n) is 15.8. The van der Waals surface area contributed by atoms with Crippen LogP contribution < -0.4 is 4.90 Å². The van der Waals surface area contributed by atoms with E-state index in [0.717, 1.165) is 36.1 Å². The van der Waals surface area contributed by atoms with Gasteiger partial charge in [0.2, 0.25) is 0 Å². The standard InChI is InChI=1S/C54H59FN6OS/c1-33-35(3)63-53-49(33)51(56-34(2)52-58-57-36(4)61(52)53)42-11-16-45(17-12-42)60-31-54(32-60)25-21-37(22-26-54)30-59-27-23-39(24-28-59)38-5-7-41(8-6-38)50-47(40-9-14-44(55)15-10-40)19-13-43-29-46(62)18-20-48(43)50/h5-12,14-18,20,29,34,37,39,47,50,62H,13,19,21-28,30-32H2,1-4H3/t34-,47-,50+/m0/s1. The number of aromatic nitrogens is 3. The minimum atomic E-state index is -0.193. The Morgan fingerprint density at radius 3 is 2.22 bits per heavy atom. The lowest BCUT2D eigenvalue weighted by Gasteiger charge is -2.55. The lowest BCUT2D eigenvalue weighted by atomic mass is 9.65. The van der Waals surface area contributed by atoms with Crippen LogP contribution in [0, 0.1) is 37.9 Å². The van der Waals surface area contributed by atoms with Crippen LogP contribution in [0.15, 0.2) is 96.0 Å². The molecule has 4 aromatic carbocycles. The fourth-order valence-electron chi connectivity index (χ4n) is 12.1. The Kier molecular flexibility index (Phi) is 10.4. The van der Waals surface area contributed by atoms with Crippen molar-refractivity contribution in [3.05, 3.63) is 158 Å². The highest BCUT2D eigenvalue weighted by Gasteiger charge is 2.45. The molecule has 0 bridgehead atoms. The summed E-state index contributed by atoms with van der Waals surface area (Å²) < 4.78 is 16.1. The van der Waals surface area contributed by atoms with Gasteiger partial charge in [0, 0.05) is 52.7 Å². The van der Waals surface area contributed by atoms with Gasteiger partial charge < -0.3 is 14.9 Å². The monoisotopic (exact) mass is 858 g/mol. The maximum Gasteiger partial charge on any atom is 0.162 e. The highest BCUT2D eigenvalue weighted by molar-refractivity contribution is 7.15. The van der Waals surface area contributed by atoms with E-state index in [1.165, 1.54) is 131 Å². The molecule has 1 N–H and O–H groups in total. The minimum absolute atomic E-state index is 0.0725. The molecule has 0 amide bonds. The largest absolute Gasteiger partial charge is 0.508 e. The summed E-state index contributed by atoms with van der Waals surface area (Å²) in [6, 6.07) is 31.6. The van der Waals surface area contributed by atoms with Gasteiger partial charge in [-0.15, -0.1) is 21.5 Å². The van der Waals surface area contributed by atoms with Crippen LogP contribution in [0.5, 0.6) is 5.75 Å². The molecule has 63 heavy (non-hydrogen) atoms. The summed E-state index contributed by atoms with van der Waals surface area (Å²) in [5.41, 5.74) is 13.0. The molecule has 5 heterocycles. The van der Waals surface area contributed by atoms with Crippen LogP contribution in [0.1, 0.15) is 137 Å². The number of hydrogen-bond donors (Lipinski definition) is 1. The molecule has 1 spiro atoms. The number of phenols is 1. The molecule has 5 aliphatic rings. The molecule has 3 aliphatic heterocycles. The van der Waals surface area contributed by atoms with E-state index in [2.05, 4.69) is 99.9 Å². The van der Waals surface area contributed by atoms with E-state index in [1.807, 2.05) is 42.5 Å². The normalized spacial score (nSPS) is 22.5. The van der Waals surface area contributed by atoms with Gasteiger partial charge in [0.25, 0.3) is 0 Å². The number of aliphatic imine (C=N–C) groups is 1. The van der Waals surface area contributed by atoms with Crippen molar-refractivity contribution in [3.8, 4) is 10.8 Å². The summed E-state index contributed by atoms with van der Waals surface area (Å²) in [5.74, 6) is 3.81. The van der Waals surface area contributed by atoms with Crippen molar-refractivity contribution in [2.24, 2.45) is 16.3 Å². The zero-order valence-corrected chi connectivity index (χ0v) is 38.0. The van der Waals surface area contributed by atoms with Crippen molar-refractivity contribution in [2.45, 2.75) is 103 Å². The number of hydrogen-bond acceptors (Lipinski definition) is 7. The molecule has 324 valence electrons. The molecule has 2 saturated heterocycles. The van der Waals surface area contributed by atoms with Gasteiger partial charge >= 0.3 is 0 Å². The topological polar surface area (TPSA) is 69.8 Å². The van der Waals surface area contributed by atoms with Gasteiger partial charge in [-0.1, -0.05) is 54.6 Å². The van der Waals surface area contributed by atoms with E-state index < -0.39 is 0 Å². The zero-order chi connectivity index (χ0) is 43.0. The molecule has 0 radical (unpaired) electrons. The molecular formula is C54H59FN6OS. The molecule has 6 aromatic rings. The number of aromatic hydroxyl groups is 1. The number of rotatable bonds is 7. The fourth-order valence-corrected chi connectivity index (χ4v) is 13.3. The molecule has 3 fully saturated rings. The fraction of sp³-hybridized carbons (Fsp3) is 0.426. The van der Waals surface area contributed by atoms with E-state index in [4.69, 9.17) is 4.99 Å². The second-order valence-electron chi connectivity index (χ2n) is 19.7. The summed E-state index contributed by atoms with van der Waals surface area (Å²) in [6.07, 6.45) is 9.72. The van der Waals surface area contributed by atoms with Crippen molar-refractivity contribution in [1.29, 1.82) is 0 Å². The van der Waals surface area contributed by atoms with Crippen LogP contribution in [-0.2, 0) is 6.42 Å². The number of phenolic OH excluding ortho intramolecular Hbond substituents is 1. The van der Waals surface area contributed by atoms with Gasteiger partial charge in [-0.2, -0.15) is 0 Å². The van der Waals surface area contributed by atoms with E-state index in [0.29, 0.717) is 17.1 Å². The number of fused-ring (bicyclic) bond motifs is 4. The van der Waals surface area contributed by atoms with Gasteiger partial charge in [-0.3, -0.25) is 9.56 Å². The van der Waals surface area contributed by atoms with E-state index in [-0.39, 0.29) is 23.7 Å². The van der Waals surface area contributed by atoms with Crippen LogP contribution in [0.4, 0.5) is 10.1 Å². The Morgan fingerprint density at radius 1 is 0.794 bits per heavy atom. The van der Waals surface area contributed by atoms with Crippen LogP contribution in [0.25, 0.3) is 5.00 Å². The number of thiophene rings is 1. The first-order valence-corrected chi connectivity index (χ1v) is 24.3. The van der Waals surface area contributed by atoms with Crippen molar-refractivity contribution in [2.75, 3.05) is 37.6 Å². The molecule has 0 unspecified atom stereocenters. The van der Waals surface area contributed by atoms with Crippen LogP contribution in [0.2, 0.25) is 0 Å². The lowest BCUT2D eigenvalue weighted by Crippen LogP contribution is -2.58. The maximum atomic E-state index is 13.9. The summed E-state index contributed by atoms with van der Waals surface area (Å²) in [5, 5.41) is 20.4. The van der Waals surface area contributed by atoms with Crippen molar-refractivity contribution < 1.29 is 9.50 Å². The van der Waals surface area contributed by atoms with E-state index in [9.17, 15) is 9.50 Å². The first-order chi connectivity index (χ1) is 30.6. The number of likely N-dealkylation sites (tertiary alicyclic amines) is 1. The van der Waals surface area contributed by atoms with Crippen LogP contribution in [0.3, 0.4) is 0 Å². The Bertz CT molecular complexity index is 2660. The third kappa shape index (κ3) is 7.43. The van der Waals surface area contributed by atoms with Gasteiger partial charge in [-0.25, -0.2) is 4.39 Å². The second-order valence-corrected chi connectivity index (χ2v) is 20.9. The van der Waals surface area contributed by atoms with Gasteiger partial charge in [0.05, 0.1) is 5.71 Å². The number of anilines is 1. The van der Waals surface area contributed by atoms with Crippen molar-refractivity contribution in [3.63, 3.8) is 0 Å². The summed E-state index contributed by atoms with van der Waals surface area (Å²) in [6.45, 7) is 14.6. The van der Waals surface area contributed by atoms with Gasteiger partial charge in [0.15, 0.2) is 5.82 Å². The third-order valence-corrected chi connectivity index (χ3v) is 17.0. The SMILES string of the molecule is Cc1sc2c(c1C)C(c1ccc(N3CC4(CCC(CN5CCC(c6ccc([C@H]7c8ccc(O)cc8CC[C@H]7c7ccc(F)cc7)cc6)CC5)CC4)C3)cc1)=N[C@@H](C)c1nnc(C)n1-2. The molecule has 2 aliphatic carbocycles. The molecular weight excluding hydrogens is 800 g/mol. The quantitative estimate of drug-likeness (QED) is 0.173. The lowest BCUT2D eigenvalue weighted by molar-refractivity contribution is 0.0840. The van der Waals surface area contributed by atoms with E-state index in [1.54, 1.807) is 12.1 Å². The number of nitrogens with zero attached hydrogens (tertiary/aromatic N) is 6. The smallest absolute Gasteiger partial charge is 0.162 e. The Morgan fingerprint density at radius 2 is 1.49 bits per heavy atom. The highest BCUT2D eigenvalue weighted by atomic mass is 32.1. The molecule has 9 heteroatoms. The van der Waals surface area contributed by atoms with E-state index >= 15 is 0 Å².